The first-order valence-corrected chi connectivity index (χ1v) is 9.76. The number of phenols is 1. The zero-order valence-electron chi connectivity index (χ0n) is 17.7. The summed E-state index contributed by atoms with van der Waals surface area (Å²) in [4.78, 5) is 12.8. The van der Waals surface area contributed by atoms with Crippen LogP contribution in [0.5, 0.6) is 17.2 Å². The number of cyclic esters (lactones) is 1. The molecule has 29 heavy (non-hydrogen) atoms. The normalized spacial score (nSPS) is 14.4. The van der Waals surface area contributed by atoms with Crippen molar-refractivity contribution in [1.29, 1.82) is 0 Å². The molecule has 0 aliphatic carbocycles. The lowest BCUT2D eigenvalue weighted by atomic mass is 9.93. The quantitative estimate of drug-likeness (QED) is 0.551. The number of hydrogen-bond acceptors (Lipinski definition) is 5. The molecule has 0 aromatic heterocycles. The molecule has 0 saturated heterocycles. The fourth-order valence-electron chi connectivity index (χ4n) is 3.39. The number of esters is 1. The number of methoxy groups -OCH3 is 1. The molecule has 0 radical (unpaired) electrons. The number of rotatable bonds is 6. The third-order valence-corrected chi connectivity index (χ3v) is 4.89. The van der Waals surface area contributed by atoms with E-state index in [4.69, 9.17) is 14.2 Å². The monoisotopic (exact) mass is 396 g/mol. The van der Waals surface area contributed by atoms with E-state index in [0.29, 0.717) is 36.1 Å². The van der Waals surface area contributed by atoms with E-state index in [2.05, 4.69) is 0 Å². The summed E-state index contributed by atoms with van der Waals surface area (Å²) in [6, 6.07) is 9.47. The van der Waals surface area contributed by atoms with Gasteiger partial charge in [0.2, 0.25) is 5.79 Å². The van der Waals surface area contributed by atoms with Gasteiger partial charge in [-0.25, -0.2) is 4.79 Å². The zero-order chi connectivity index (χ0) is 21.2. The molecule has 154 valence electrons. The van der Waals surface area contributed by atoms with Crippen molar-refractivity contribution in [2.75, 3.05) is 7.11 Å². The third kappa shape index (κ3) is 4.73. The van der Waals surface area contributed by atoms with E-state index in [1.165, 1.54) is 0 Å². The molecule has 5 nitrogen and oxygen atoms in total. The number of allylic oxidation sites excluding steroid dienone is 2. The maximum Gasteiger partial charge on any atom is 0.345 e. The smallest absolute Gasteiger partial charge is 0.345 e. The second kappa shape index (κ2) is 8.19. The second-order valence-electron chi connectivity index (χ2n) is 7.96. The zero-order valence-corrected chi connectivity index (χ0v) is 17.7. The third-order valence-electron chi connectivity index (χ3n) is 4.89. The van der Waals surface area contributed by atoms with Gasteiger partial charge < -0.3 is 19.3 Å². The SMILES string of the molecule is COc1ccc(CCc2cc(O)c(CC=C(C)C)c3c2C(=O)OC(C)(C)O3)cc1. The van der Waals surface area contributed by atoms with Crippen molar-refractivity contribution in [2.24, 2.45) is 0 Å². The van der Waals surface area contributed by atoms with Gasteiger partial charge in [0, 0.05) is 19.4 Å². The largest absolute Gasteiger partial charge is 0.508 e. The minimum atomic E-state index is -1.08. The fraction of sp³-hybridized carbons (Fsp3) is 0.375. The molecular formula is C24H28O5. The van der Waals surface area contributed by atoms with Crippen LogP contribution in [0.25, 0.3) is 0 Å². The lowest BCUT2D eigenvalue weighted by Crippen LogP contribution is -2.40. The number of hydrogen-bond donors (Lipinski definition) is 1. The number of phenolic OH excluding ortho intramolecular Hbond substituents is 1. The average Bonchev–Trinajstić information content (AvgIpc) is 2.64. The van der Waals surface area contributed by atoms with Gasteiger partial charge >= 0.3 is 5.97 Å². The molecule has 0 saturated carbocycles. The molecule has 1 N–H and O–H groups in total. The summed E-state index contributed by atoms with van der Waals surface area (Å²) < 4.78 is 16.7. The fourth-order valence-corrected chi connectivity index (χ4v) is 3.39. The van der Waals surface area contributed by atoms with Gasteiger partial charge in [-0.05, 0) is 62.4 Å². The summed E-state index contributed by atoms with van der Waals surface area (Å²) in [5, 5.41) is 10.7. The Hall–Kier alpha value is -2.95. The molecule has 0 atom stereocenters. The Labute approximate surface area is 171 Å². The molecule has 1 heterocycles. The van der Waals surface area contributed by atoms with Crippen LogP contribution in [0, 0.1) is 0 Å². The van der Waals surface area contributed by atoms with Gasteiger partial charge in [0.05, 0.1) is 7.11 Å². The van der Waals surface area contributed by atoms with E-state index in [1.54, 1.807) is 27.0 Å². The van der Waals surface area contributed by atoms with E-state index in [-0.39, 0.29) is 5.75 Å². The molecule has 0 amide bonds. The Bertz CT molecular complexity index is 935. The van der Waals surface area contributed by atoms with Gasteiger partial charge in [0.1, 0.15) is 22.8 Å². The highest BCUT2D eigenvalue weighted by Crippen LogP contribution is 2.41. The Morgan fingerprint density at radius 1 is 1.14 bits per heavy atom. The van der Waals surface area contributed by atoms with Crippen molar-refractivity contribution in [3.05, 3.63) is 64.2 Å². The number of ether oxygens (including phenoxy) is 3. The summed E-state index contributed by atoms with van der Waals surface area (Å²) >= 11 is 0. The highest BCUT2D eigenvalue weighted by Gasteiger charge is 2.37. The maximum absolute atomic E-state index is 12.8. The topological polar surface area (TPSA) is 65.0 Å². The predicted octanol–water partition coefficient (Wildman–Crippen LogP) is 4.98. The van der Waals surface area contributed by atoms with Crippen molar-refractivity contribution >= 4 is 5.97 Å². The summed E-state index contributed by atoms with van der Waals surface area (Å²) in [5.41, 5.74) is 3.97. The minimum absolute atomic E-state index is 0.136. The Morgan fingerprint density at radius 3 is 2.45 bits per heavy atom. The molecule has 2 aromatic carbocycles. The minimum Gasteiger partial charge on any atom is -0.508 e. The van der Waals surface area contributed by atoms with Crippen LogP contribution < -0.4 is 9.47 Å². The number of carbonyl (C=O) groups is 1. The van der Waals surface area contributed by atoms with Crippen LogP contribution in [0.4, 0.5) is 0 Å². The molecule has 0 unspecified atom stereocenters. The van der Waals surface area contributed by atoms with E-state index < -0.39 is 11.8 Å². The standard InChI is InChI=1S/C24H28O5/c1-15(2)6-13-19-20(25)14-17(10-7-16-8-11-18(27-5)12-9-16)21-22(19)28-24(3,4)29-23(21)26/h6,8-9,11-12,14,25H,7,10,13H2,1-5H3. The highest BCUT2D eigenvalue weighted by atomic mass is 16.7. The van der Waals surface area contributed by atoms with Crippen molar-refractivity contribution in [3.63, 3.8) is 0 Å². The summed E-state index contributed by atoms with van der Waals surface area (Å²) in [5.74, 6) is -0.138. The summed E-state index contributed by atoms with van der Waals surface area (Å²) in [6.07, 6.45) is 3.77. The van der Waals surface area contributed by atoms with Crippen LogP contribution in [-0.4, -0.2) is 24.0 Å². The van der Waals surface area contributed by atoms with Crippen LogP contribution in [0.1, 0.15) is 54.7 Å². The van der Waals surface area contributed by atoms with Gasteiger partial charge in [0.15, 0.2) is 0 Å². The second-order valence-corrected chi connectivity index (χ2v) is 7.96. The van der Waals surface area contributed by atoms with Crippen molar-refractivity contribution in [2.45, 2.75) is 52.7 Å². The van der Waals surface area contributed by atoms with Crippen LogP contribution in [-0.2, 0) is 24.0 Å². The number of benzene rings is 2. The first-order valence-electron chi connectivity index (χ1n) is 9.76. The van der Waals surface area contributed by atoms with Crippen LogP contribution in [0.15, 0.2) is 42.0 Å². The Balaban J connectivity index is 1.98. The molecular weight excluding hydrogens is 368 g/mol. The number of aryl methyl sites for hydroxylation is 2. The van der Waals surface area contributed by atoms with Gasteiger partial charge in [-0.1, -0.05) is 23.8 Å². The molecule has 5 heteroatoms. The molecule has 0 fully saturated rings. The van der Waals surface area contributed by atoms with E-state index in [0.717, 1.165) is 22.4 Å². The lowest BCUT2D eigenvalue weighted by Gasteiger charge is -2.34. The number of carbonyl (C=O) groups excluding carboxylic acids is 1. The Morgan fingerprint density at radius 2 is 1.83 bits per heavy atom. The van der Waals surface area contributed by atoms with Gasteiger partial charge in [-0.15, -0.1) is 0 Å². The van der Waals surface area contributed by atoms with Gasteiger partial charge in [-0.2, -0.15) is 0 Å². The van der Waals surface area contributed by atoms with Crippen LogP contribution in [0.3, 0.4) is 0 Å². The molecule has 0 bridgehead atoms. The lowest BCUT2D eigenvalue weighted by molar-refractivity contribution is -0.128. The predicted molar refractivity (Wildman–Crippen MR) is 112 cm³/mol. The molecule has 0 spiro atoms. The van der Waals surface area contributed by atoms with Crippen LogP contribution >= 0.6 is 0 Å². The Kier molecular flexibility index (Phi) is 5.87. The molecule has 2 aromatic rings. The van der Waals surface area contributed by atoms with Gasteiger partial charge in [-0.3, -0.25) is 0 Å². The molecule has 3 rings (SSSR count). The highest BCUT2D eigenvalue weighted by molar-refractivity contribution is 5.96. The number of fused-ring (bicyclic) bond motifs is 1. The maximum atomic E-state index is 12.8. The van der Waals surface area contributed by atoms with Crippen molar-refractivity contribution in [3.8, 4) is 17.2 Å². The molecule has 1 aliphatic rings. The summed E-state index contributed by atoms with van der Waals surface area (Å²) in [6.45, 7) is 7.37. The first-order chi connectivity index (χ1) is 13.7. The van der Waals surface area contributed by atoms with Crippen molar-refractivity contribution < 1.29 is 24.1 Å². The van der Waals surface area contributed by atoms with Gasteiger partial charge in [0.25, 0.3) is 0 Å². The molecule has 1 aliphatic heterocycles. The van der Waals surface area contributed by atoms with Crippen molar-refractivity contribution in [1.82, 2.24) is 0 Å². The van der Waals surface area contributed by atoms with E-state index >= 15 is 0 Å². The van der Waals surface area contributed by atoms with Crippen LogP contribution in [0.2, 0.25) is 0 Å². The summed E-state index contributed by atoms with van der Waals surface area (Å²) in [7, 11) is 1.63. The van der Waals surface area contributed by atoms with E-state index in [1.807, 2.05) is 44.2 Å². The van der Waals surface area contributed by atoms with E-state index in [9.17, 15) is 9.90 Å². The first kappa shape index (κ1) is 20.8. The average molecular weight is 396 g/mol. The number of aromatic hydroxyl groups is 1.